The highest BCUT2D eigenvalue weighted by molar-refractivity contribution is 6.03. The van der Waals surface area contributed by atoms with Crippen molar-refractivity contribution in [2.75, 3.05) is 23.8 Å². The molecule has 1 aromatic heterocycles. The molecule has 0 unspecified atom stereocenters. The van der Waals surface area contributed by atoms with Gasteiger partial charge in [-0.15, -0.1) is 0 Å². The number of carbonyl (C=O) groups excluding carboxylic acids is 1. The van der Waals surface area contributed by atoms with Crippen LogP contribution in [0.15, 0.2) is 24.3 Å². The molecule has 0 radical (unpaired) electrons. The molecule has 0 spiro atoms. The molecule has 25 heavy (non-hydrogen) atoms. The molecule has 7 heteroatoms. The minimum absolute atomic E-state index is 0.138. The van der Waals surface area contributed by atoms with E-state index in [1.165, 1.54) is 6.07 Å². The Balaban J connectivity index is 1.36. The average Bonchev–Trinajstić information content (AvgIpc) is 3.11. The van der Waals surface area contributed by atoms with E-state index < -0.39 is 5.82 Å². The van der Waals surface area contributed by atoms with Gasteiger partial charge >= 0.3 is 0 Å². The van der Waals surface area contributed by atoms with Crippen LogP contribution in [-0.4, -0.2) is 35.4 Å². The maximum absolute atomic E-state index is 14.2. The molecule has 1 saturated carbocycles. The fourth-order valence-electron chi connectivity index (χ4n) is 3.02. The van der Waals surface area contributed by atoms with Gasteiger partial charge in [-0.2, -0.15) is 5.10 Å². The van der Waals surface area contributed by atoms with Gasteiger partial charge in [0.15, 0.2) is 5.69 Å². The summed E-state index contributed by atoms with van der Waals surface area (Å²) in [5.41, 5.74) is 2.12. The molecule has 3 N–H and O–H groups in total. The molecule has 1 aliphatic heterocycles. The quantitative estimate of drug-likeness (QED) is 0.751. The van der Waals surface area contributed by atoms with E-state index in [2.05, 4.69) is 20.8 Å². The molecule has 2 aromatic rings. The SMILES string of the molecule is O=C(Nc1ccc(NC[C@@H]2CCCO2)c(F)c1)c1cc(C2CC2)[nH]n1. The largest absolute Gasteiger partial charge is 0.380 e. The molecule has 4 rings (SSSR count). The zero-order chi connectivity index (χ0) is 17.2. The minimum atomic E-state index is -0.406. The second-order valence-electron chi connectivity index (χ2n) is 6.65. The van der Waals surface area contributed by atoms with Gasteiger partial charge in [-0.25, -0.2) is 4.39 Å². The summed E-state index contributed by atoms with van der Waals surface area (Å²) in [5, 5.41) is 12.7. The van der Waals surface area contributed by atoms with E-state index in [0.29, 0.717) is 29.5 Å². The Labute approximate surface area is 145 Å². The molecule has 1 atom stereocenters. The van der Waals surface area contributed by atoms with Gasteiger partial charge in [0.05, 0.1) is 11.8 Å². The van der Waals surface area contributed by atoms with Crippen LogP contribution in [0.2, 0.25) is 0 Å². The van der Waals surface area contributed by atoms with Crippen LogP contribution in [-0.2, 0) is 4.74 Å². The monoisotopic (exact) mass is 344 g/mol. The molecule has 2 fully saturated rings. The van der Waals surface area contributed by atoms with Crippen LogP contribution in [0.4, 0.5) is 15.8 Å². The maximum Gasteiger partial charge on any atom is 0.276 e. The Morgan fingerprint density at radius 1 is 1.32 bits per heavy atom. The van der Waals surface area contributed by atoms with Crippen molar-refractivity contribution in [3.63, 3.8) is 0 Å². The Hall–Kier alpha value is -2.41. The number of halogens is 1. The summed E-state index contributed by atoms with van der Waals surface area (Å²) in [5.74, 6) is -0.250. The van der Waals surface area contributed by atoms with Gasteiger partial charge in [-0.05, 0) is 49.9 Å². The van der Waals surface area contributed by atoms with Crippen LogP contribution in [0.25, 0.3) is 0 Å². The van der Waals surface area contributed by atoms with Gasteiger partial charge in [0.25, 0.3) is 5.91 Å². The van der Waals surface area contributed by atoms with Crippen molar-refractivity contribution in [2.24, 2.45) is 0 Å². The third-order valence-corrected chi connectivity index (χ3v) is 4.62. The van der Waals surface area contributed by atoms with Gasteiger partial charge in [-0.1, -0.05) is 0 Å². The number of hydrogen-bond acceptors (Lipinski definition) is 4. The number of aromatic amines is 1. The molecule has 1 aliphatic carbocycles. The molecule has 6 nitrogen and oxygen atoms in total. The van der Waals surface area contributed by atoms with Gasteiger partial charge in [-0.3, -0.25) is 9.89 Å². The van der Waals surface area contributed by atoms with Crippen LogP contribution in [0.5, 0.6) is 0 Å². The molecule has 2 aliphatic rings. The van der Waals surface area contributed by atoms with E-state index in [4.69, 9.17) is 4.74 Å². The maximum atomic E-state index is 14.2. The molecule has 1 saturated heterocycles. The van der Waals surface area contributed by atoms with Crippen molar-refractivity contribution in [3.8, 4) is 0 Å². The summed E-state index contributed by atoms with van der Waals surface area (Å²) in [4.78, 5) is 12.2. The summed E-state index contributed by atoms with van der Waals surface area (Å²) in [7, 11) is 0. The molecule has 1 amide bonds. The van der Waals surface area contributed by atoms with Gasteiger partial charge in [0.2, 0.25) is 0 Å². The Morgan fingerprint density at radius 3 is 2.92 bits per heavy atom. The highest BCUT2D eigenvalue weighted by atomic mass is 19.1. The van der Waals surface area contributed by atoms with Crippen molar-refractivity contribution in [2.45, 2.75) is 37.7 Å². The smallest absolute Gasteiger partial charge is 0.276 e. The van der Waals surface area contributed by atoms with E-state index >= 15 is 0 Å². The van der Waals surface area contributed by atoms with Crippen molar-refractivity contribution in [3.05, 3.63) is 41.5 Å². The highest BCUT2D eigenvalue weighted by Gasteiger charge is 2.26. The predicted octanol–water partition coefficient (Wildman–Crippen LogP) is 3.27. The number of carbonyl (C=O) groups is 1. The van der Waals surface area contributed by atoms with Crippen molar-refractivity contribution in [1.29, 1.82) is 0 Å². The van der Waals surface area contributed by atoms with Crippen LogP contribution < -0.4 is 10.6 Å². The topological polar surface area (TPSA) is 79.0 Å². The summed E-state index contributed by atoms with van der Waals surface area (Å²) < 4.78 is 19.7. The minimum Gasteiger partial charge on any atom is -0.380 e. The van der Waals surface area contributed by atoms with E-state index in [-0.39, 0.29) is 12.0 Å². The summed E-state index contributed by atoms with van der Waals surface area (Å²) in [6, 6.07) is 6.37. The molecular formula is C18H21FN4O2. The van der Waals surface area contributed by atoms with Crippen molar-refractivity contribution in [1.82, 2.24) is 10.2 Å². The third kappa shape index (κ3) is 3.82. The highest BCUT2D eigenvalue weighted by Crippen LogP contribution is 2.39. The van der Waals surface area contributed by atoms with Gasteiger partial charge in [0, 0.05) is 30.5 Å². The first-order valence-electron chi connectivity index (χ1n) is 8.71. The molecule has 132 valence electrons. The standard InChI is InChI=1S/C18H21FN4O2/c19-14-8-12(5-6-15(14)20-10-13-2-1-7-25-13)21-18(24)17-9-16(22-23-17)11-3-4-11/h5-6,8-9,11,13,20H,1-4,7,10H2,(H,21,24)(H,22,23)/t13-/m0/s1. The van der Waals surface area contributed by atoms with Crippen LogP contribution >= 0.6 is 0 Å². The number of nitrogens with zero attached hydrogens (tertiary/aromatic N) is 1. The lowest BCUT2D eigenvalue weighted by Gasteiger charge is -2.13. The zero-order valence-corrected chi connectivity index (χ0v) is 13.8. The molecule has 2 heterocycles. The number of ether oxygens (including phenoxy) is 1. The van der Waals surface area contributed by atoms with E-state index in [1.807, 2.05) is 0 Å². The number of benzene rings is 1. The van der Waals surface area contributed by atoms with E-state index in [0.717, 1.165) is 38.0 Å². The van der Waals surface area contributed by atoms with Crippen LogP contribution in [0.1, 0.15) is 47.8 Å². The molecular weight excluding hydrogens is 323 g/mol. The molecule has 0 bridgehead atoms. The van der Waals surface area contributed by atoms with Crippen LogP contribution in [0, 0.1) is 5.82 Å². The lowest BCUT2D eigenvalue weighted by atomic mass is 10.2. The normalized spacial score (nSPS) is 19.8. The second kappa shape index (κ2) is 6.84. The number of hydrogen-bond donors (Lipinski definition) is 3. The Morgan fingerprint density at radius 2 is 2.20 bits per heavy atom. The molecule has 1 aromatic carbocycles. The number of amides is 1. The lowest BCUT2D eigenvalue weighted by Crippen LogP contribution is -2.19. The fourth-order valence-corrected chi connectivity index (χ4v) is 3.02. The first-order valence-corrected chi connectivity index (χ1v) is 8.71. The summed E-state index contributed by atoms with van der Waals surface area (Å²) in [6.07, 6.45) is 4.45. The van der Waals surface area contributed by atoms with Gasteiger partial charge < -0.3 is 15.4 Å². The first kappa shape index (κ1) is 16.1. The number of aromatic nitrogens is 2. The first-order chi connectivity index (χ1) is 12.2. The number of nitrogens with one attached hydrogen (secondary N) is 3. The number of H-pyrrole nitrogens is 1. The lowest BCUT2D eigenvalue weighted by molar-refractivity contribution is 0.102. The fraction of sp³-hybridized carbons (Fsp3) is 0.444. The predicted molar refractivity (Wildman–Crippen MR) is 92.4 cm³/mol. The third-order valence-electron chi connectivity index (χ3n) is 4.62. The van der Waals surface area contributed by atoms with Crippen molar-refractivity contribution >= 4 is 17.3 Å². The van der Waals surface area contributed by atoms with Crippen molar-refractivity contribution < 1.29 is 13.9 Å². The summed E-state index contributed by atoms with van der Waals surface area (Å²) >= 11 is 0. The number of rotatable bonds is 6. The number of anilines is 2. The van der Waals surface area contributed by atoms with Gasteiger partial charge in [0.1, 0.15) is 5.82 Å². The second-order valence-corrected chi connectivity index (χ2v) is 6.65. The summed E-state index contributed by atoms with van der Waals surface area (Å²) in [6.45, 7) is 1.36. The Kier molecular flexibility index (Phi) is 4.40. The van der Waals surface area contributed by atoms with E-state index in [1.54, 1.807) is 18.2 Å². The van der Waals surface area contributed by atoms with Crippen LogP contribution in [0.3, 0.4) is 0 Å². The zero-order valence-electron chi connectivity index (χ0n) is 13.8. The van der Waals surface area contributed by atoms with E-state index in [9.17, 15) is 9.18 Å². The average molecular weight is 344 g/mol. The Bertz CT molecular complexity index is 766.